The number of rotatable bonds is 3. The Morgan fingerprint density at radius 1 is 0.590 bits per heavy atom. The summed E-state index contributed by atoms with van der Waals surface area (Å²) in [6.45, 7) is 8.44. The quantitative estimate of drug-likeness (QED) is 0.216. The third-order valence-electron chi connectivity index (χ3n) is 9.06. The molecule has 0 atom stereocenters. The Hall–Kier alpha value is -3.37. The summed E-state index contributed by atoms with van der Waals surface area (Å²) in [6.07, 6.45) is 0. The van der Waals surface area contributed by atoms with Crippen molar-refractivity contribution in [2.75, 3.05) is 0 Å². The van der Waals surface area contributed by atoms with Crippen molar-refractivity contribution < 1.29 is 9.31 Å². The number of halogens is 1. The fraction of sp³-hybridized carbons (Fsp3) is 0.200. The largest absolute Gasteiger partial charge is 0.495 e. The minimum atomic E-state index is -0.555. The van der Waals surface area contributed by atoms with E-state index in [4.69, 9.17) is 20.9 Å². The molecule has 1 aliphatic heterocycles. The normalized spacial score (nSPS) is 18.2. The van der Waals surface area contributed by atoms with Crippen molar-refractivity contribution >= 4 is 35.0 Å². The van der Waals surface area contributed by atoms with Crippen LogP contribution in [0.1, 0.15) is 49.9 Å². The van der Waals surface area contributed by atoms with Crippen molar-refractivity contribution in [1.82, 2.24) is 0 Å². The van der Waals surface area contributed by atoms with Gasteiger partial charge in [0.1, 0.15) is 0 Å². The lowest BCUT2D eigenvalue weighted by Crippen LogP contribution is -2.41. The second-order valence-corrected chi connectivity index (χ2v) is 12.1. The van der Waals surface area contributed by atoms with Crippen LogP contribution in [-0.4, -0.2) is 18.3 Å². The van der Waals surface area contributed by atoms with Crippen molar-refractivity contribution in [1.29, 1.82) is 0 Å². The second-order valence-electron chi connectivity index (χ2n) is 11.7. The number of hydrogen-bond donors (Lipinski definition) is 0. The standard InChI is InChI=1S/C35H30BClO2/c1-33(2)34(3,4)39-36(38-33)31-22-30-32(27-18-12-11-17-26(27)31)28-20-19-25(37)21-29(28)35(30,23-13-7-5-8-14-23)24-15-9-6-10-16-24/h5-22H,1-4H3. The second kappa shape index (κ2) is 8.57. The van der Waals surface area contributed by atoms with Crippen LogP contribution in [0.25, 0.3) is 21.9 Å². The first-order valence-corrected chi connectivity index (χ1v) is 13.9. The predicted molar refractivity (Wildman–Crippen MR) is 162 cm³/mol. The van der Waals surface area contributed by atoms with E-state index in [1.165, 1.54) is 38.8 Å². The van der Waals surface area contributed by atoms with Crippen LogP contribution in [-0.2, 0) is 14.7 Å². The van der Waals surface area contributed by atoms with Crippen LogP contribution in [0, 0.1) is 0 Å². The van der Waals surface area contributed by atoms with Gasteiger partial charge in [-0.15, -0.1) is 0 Å². The van der Waals surface area contributed by atoms with E-state index in [1.807, 2.05) is 6.07 Å². The first-order chi connectivity index (χ1) is 18.7. The molecule has 0 radical (unpaired) electrons. The summed E-state index contributed by atoms with van der Waals surface area (Å²) < 4.78 is 13.3. The highest BCUT2D eigenvalue weighted by Gasteiger charge is 2.53. The van der Waals surface area contributed by atoms with Gasteiger partial charge in [0.15, 0.2) is 0 Å². The molecule has 0 unspecified atom stereocenters. The van der Waals surface area contributed by atoms with E-state index in [0.29, 0.717) is 0 Å². The van der Waals surface area contributed by atoms with E-state index in [9.17, 15) is 0 Å². The average Bonchev–Trinajstić information content (AvgIpc) is 3.35. The average molecular weight is 529 g/mol. The van der Waals surface area contributed by atoms with Gasteiger partial charge in [0.25, 0.3) is 0 Å². The Labute approximate surface area is 235 Å². The van der Waals surface area contributed by atoms with E-state index in [1.54, 1.807) is 0 Å². The highest BCUT2D eigenvalue weighted by molar-refractivity contribution is 6.65. The fourth-order valence-electron chi connectivity index (χ4n) is 6.51. The van der Waals surface area contributed by atoms with Crippen molar-refractivity contribution in [3.05, 3.63) is 136 Å². The first-order valence-electron chi connectivity index (χ1n) is 13.6. The van der Waals surface area contributed by atoms with E-state index < -0.39 is 23.7 Å². The summed E-state index contributed by atoms with van der Waals surface area (Å²) in [5.41, 5.74) is 6.89. The summed E-state index contributed by atoms with van der Waals surface area (Å²) in [7, 11) is -0.484. The molecule has 39 heavy (non-hydrogen) atoms. The summed E-state index contributed by atoms with van der Waals surface area (Å²) in [6, 6.07) is 38.9. The molecular weight excluding hydrogens is 499 g/mol. The molecule has 5 aromatic rings. The minimum absolute atomic E-state index is 0.440. The Morgan fingerprint density at radius 2 is 1.13 bits per heavy atom. The van der Waals surface area contributed by atoms with Crippen molar-refractivity contribution in [3.8, 4) is 11.1 Å². The molecular formula is C35H30BClO2. The van der Waals surface area contributed by atoms with Gasteiger partial charge in [0.2, 0.25) is 0 Å². The molecule has 1 saturated heterocycles. The van der Waals surface area contributed by atoms with Crippen LogP contribution >= 0.6 is 11.6 Å². The summed E-state index contributed by atoms with van der Waals surface area (Å²) in [5.74, 6) is 0. The zero-order valence-corrected chi connectivity index (χ0v) is 23.4. The molecule has 5 aromatic carbocycles. The first kappa shape index (κ1) is 24.7. The van der Waals surface area contributed by atoms with Gasteiger partial charge in [-0.3, -0.25) is 0 Å². The van der Waals surface area contributed by atoms with Crippen molar-refractivity contribution in [2.45, 2.75) is 44.3 Å². The van der Waals surface area contributed by atoms with Crippen LogP contribution in [0.2, 0.25) is 5.02 Å². The van der Waals surface area contributed by atoms with Gasteiger partial charge in [0, 0.05) is 5.02 Å². The smallest absolute Gasteiger partial charge is 0.399 e. The molecule has 1 fully saturated rings. The van der Waals surface area contributed by atoms with Gasteiger partial charge < -0.3 is 9.31 Å². The molecule has 0 spiro atoms. The van der Waals surface area contributed by atoms with Crippen LogP contribution in [0.4, 0.5) is 0 Å². The van der Waals surface area contributed by atoms with Crippen LogP contribution in [0.15, 0.2) is 109 Å². The maximum Gasteiger partial charge on any atom is 0.495 e. The highest BCUT2D eigenvalue weighted by atomic mass is 35.5. The maximum atomic E-state index is 6.74. The van der Waals surface area contributed by atoms with Gasteiger partial charge in [-0.05, 0) is 89.4 Å². The van der Waals surface area contributed by atoms with Gasteiger partial charge in [-0.25, -0.2) is 0 Å². The molecule has 0 aromatic heterocycles. The Morgan fingerprint density at radius 3 is 1.72 bits per heavy atom. The molecule has 0 bridgehead atoms. The van der Waals surface area contributed by atoms with Crippen molar-refractivity contribution in [3.63, 3.8) is 0 Å². The third-order valence-corrected chi connectivity index (χ3v) is 9.29. The highest BCUT2D eigenvalue weighted by Crippen LogP contribution is 2.58. The lowest BCUT2D eigenvalue weighted by molar-refractivity contribution is 0.00578. The van der Waals surface area contributed by atoms with Gasteiger partial charge >= 0.3 is 7.12 Å². The topological polar surface area (TPSA) is 18.5 Å². The molecule has 0 amide bonds. The maximum absolute atomic E-state index is 6.74. The lowest BCUT2D eigenvalue weighted by Gasteiger charge is -2.34. The Bertz CT molecular complexity index is 1670. The van der Waals surface area contributed by atoms with Gasteiger partial charge in [-0.1, -0.05) is 109 Å². The summed E-state index contributed by atoms with van der Waals surface area (Å²) in [5, 5.41) is 3.07. The van der Waals surface area contributed by atoms with E-state index in [0.717, 1.165) is 15.9 Å². The molecule has 1 aliphatic carbocycles. The molecule has 4 heteroatoms. The molecule has 0 N–H and O–H groups in total. The third kappa shape index (κ3) is 3.43. The monoisotopic (exact) mass is 528 g/mol. The van der Waals surface area contributed by atoms with E-state index in [2.05, 4.69) is 131 Å². The minimum Gasteiger partial charge on any atom is -0.399 e. The summed E-state index contributed by atoms with van der Waals surface area (Å²) in [4.78, 5) is 0. The van der Waals surface area contributed by atoms with Crippen LogP contribution in [0.3, 0.4) is 0 Å². The molecule has 0 saturated carbocycles. The van der Waals surface area contributed by atoms with Gasteiger partial charge in [0.05, 0.1) is 16.6 Å². The molecule has 7 rings (SSSR count). The molecule has 2 aliphatic rings. The van der Waals surface area contributed by atoms with Crippen LogP contribution < -0.4 is 5.46 Å². The molecule has 2 nitrogen and oxygen atoms in total. The fourth-order valence-corrected chi connectivity index (χ4v) is 6.68. The van der Waals surface area contributed by atoms with E-state index in [-0.39, 0.29) is 0 Å². The van der Waals surface area contributed by atoms with Crippen LogP contribution in [0.5, 0.6) is 0 Å². The number of hydrogen-bond acceptors (Lipinski definition) is 2. The summed E-state index contributed by atoms with van der Waals surface area (Å²) >= 11 is 6.74. The SMILES string of the molecule is CC1(C)OB(c2cc3c(c4ccccc24)-c2ccc(Cl)cc2C3(c2ccccc2)c2ccccc2)OC1(C)C. The zero-order valence-electron chi connectivity index (χ0n) is 22.7. The zero-order chi connectivity index (χ0) is 27.0. The Kier molecular flexibility index (Phi) is 5.42. The number of benzene rings is 5. The van der Waals surface area contributed by atoms with Crippen molar-refractivity contribution in [2.24, 2.45) is 0 Å². The van der Waals surface area contributed by atoms with Gasteiger partial charge in [-0.2, -0.15) is 0 Å². The Balaban J connectivity index is 1.64. The molecule has 1 heterocycles. The van der Waals surface area contributed by atoms with E-state index >= 15 is 0 Å². The lowest BCUT2D eigenvalue weighted by atomic mass is 9.65. The predicted octanol–water partition coefficient (Wildman–Crippen LogP) is 8.16. The molecule has 192 valence electrons. The number of fused-ring (bicyclic) bond motifs is 5.